The Morgan fingerprint density at radius 1 is 1.15 bits per heavy atom. The Kier molecular flexibility index (Phi) is 4.36. The SMILES string of the molecule is O=CNc1cc(Cl)c(C2(c3nc(-c4ccc(F)cc4F)no3)CC2)c(Cl)c1. The lowest BCUT2D eigenvalue weighted by atomic mass is 9.95. The number of anilines is 1. The summed E-state index contributed by atoms with van der Waals surface area (Å²) in [6, 6.07) is 6.28. The number of hydrogen-bond donors (Lipinski definition) is 1. The van der Waals surface area contributed by atoms with Crippen molar-refractivity contribution in [1.29, 1.82) is 0 Å². The Hall–Kier alpha value is -2.51. The van der Waals surface area contributed by atoms with Gasteiger partial charge in [0.15, 0.2) is 0 Å². The molecule has 5 nitrogen and oxygen atoms in total. The summed E-state index contributed by atoms with van der Waals surface area (Å²) in [5, 5.41) is 7.00. The van der Waals surface area contributed by atoms with Crippen LogP contribution in [0.3, 0.4) is 0 Å². The second kappa shape index (κ2) is 6.58. The number of carbonyl (C=O) groups excluding carboxylic acids is 1. The Bertz CT molecular complexity index is 1030. The zero-order chi connectivity index (χ0) is 19.2. The lowest BCUT2D eigenvalue weighted by Gasteiger charge is -2.16. The standard InChI is InChI=1S/C18H11Cl2F2N3O2/c19-12-6-10(23-8-26)7-13(20)15(12)18(3-4-18)17-24-16(25-27-17)11-2-1-9(21)5-14(11)22/h1-2,5-8H,3-4H2,(H,23,26). The Morgan fingerprint density at radius 2 is 1.85 bits per heavy atom. The molecule has 3 aromatic rings. The van der Waals surface area contributed by atoms with Gasteiger partial charge >= 0.3 is 0 Å². The molecular formula is C18H11Cl2F2N3O2. The van der Waals surface area contributed by atoms with E-state index < -0.39 is 17.0 Å². The highest BCUT2D eigenvalue weighted by atomic mass is 35.5. The molecule has 1 amide bonds. The van der Waals surface area contributed by atoms with Crippen molar-refractivity contribution in [2.75, 3.05) is 5.32 Å². The molecule has 4 rings (SSSR count). The molecule has 0 saturated heterocycles. The fourth-order valence-corrected chi connectivity index (χ4v) is 3.92. The fourth-order valence-electron chi connectivity index (χ4n) is 3.08. The zero-order valence-corrected chi connectivity index (χ0v) is 15.1. The molecule has 2 aromatic carbocycles. The van der Waals surface area contributed by atoms with Gasteiger partial charge in [-0.25, -0.2) is 8.78 Å². The fraction of sp³-hybridized carbons (Fsp3) is 0.167. The summed E-state index contributed by atoms with van der Waals surface area (Å²) in [7, 11) is 0. The summed E-state index contributed by atoms with van der Waals surface area (Å²) >= 11 is 12.8. The number of nitrogens with one attached hydrogen (secondary N) is 1. The van der Waals surface area contributed by atoms with Crippen molar-refractivity contribution in [3.8, 4) is 11.4 Å². The van der Waals surface area contributed by atoms with Crippen molar-refractivity contribution in [2.45, 2.75) is 18.3 Å². The molecule has 9 heteroatoms. The van der Waals surface area contributed by atoms with Gasteiger partial charge in [0, 0.05) is 27.4 Å². The third kappa shape index (κ3) is 3.07. The molecule has 1 heterocycles. The van der Waals surface area contributed by atoms with E-state index in [1.54, 1.807) is 12.1 Å². The minimum absolute atomic E-state index is 0.0141. The smallest absolute Gasteiger partial charge is 0.237 e. The average Bonchev–Trinajstić information content (AvgIpc) is 3.23. The molecule has 1 aromatic heterocycles. The number of nitrogens with zero attached hydrogens (tertiary/aromatic N) is 2. The van der Waals surface area contributed by atoms with Crippen LogP contribution >= 0.6 is 23.2 Å². The summed E-state index contributed by atoms with van der Waals surface area (Å²) in [6.45, 7) is 0. The van der Waals surface area contributed by atoms with Crippen LogP contribution in [0.15, 0.2) is 34.9 Å². The highest BCUT2D eigenvalue weighted by Crippen LogP contribution is 2.57. The maximum Gasteiger partial charge on any atom is 0.237 e. The molecule has 1 fully saturated rings. The molecular weight excluding hydrogens is 399 g/mol. The van der Waals surface area contributed by atoms with Crippen molar-refractivity contribution < 1.29 is 18.1 Å². The van der Waals surface area contributed by atoms with Gasteiger partial charge in [-0.15, -0.1) is 0 Å². The van der Waals surface area contributed by atoms with E-state index in [1.807, 2.05) is 0 Å². The predicted molar refractivity (Wildman–Crippen MR) is 95.8 cm³/mol. The van der Waals surface area contributed by atoms with E-state index in [-0.39, 0.29) is 17.3 Å². The maximum absolute atomic E-state index is 14.0. The van der Waals surface area contributed by atoms with E-state index >= 15 is 0 Å². The highest BCUT2D eigenvalue weighted by molar-refractivity contribution is 6.37. The number of aromatic nitrogens is 2. The van der Waals surface area contributed by atoms with Crippen molar-refractivity contribution in [2.24, 2.45) is 0 Å². The first-order chi connectivity index (χ1) is 12.9. The first kappa shape index (κ1) is 17.9. The lowest BCUT2D eigenvalue weighted by Crippen LogP contribution is -2.11. The predicted octanol–water partition coefficient (Wildman–Crippen LogP) is 4.97. The lowest BCUT2D eigenvalue weighted by molar-refractivity contribution is -0.105. The number of halogens is 4. The molecule has 1 aliphatic rings. The quantitative estimate of drug-likeness (QED) is 0.604. The molecule has 1 N–H and O–H groups in total. The molecule has 27 heavy (non-hydrogen) atoms. The summed E-state index contributed by atoms with van der Waals surface area (Å²) in [5.41, 5.74) is 0.427. The van der Waals surface area contributed by atoms with Gasteiger partial charge in [-0.2, -0.15) is 4.98 Å². The first-order valence-corrected chi connectivity index (χ1v) is 8.69. The van der Waals surface area contributed by atoms with E-state index in [4.69, 9.17) is 27.7 Å². The van der Waals surface area contributed by atoms with E-state index in [9.17, 15) is 13.6 Å². The van der Waals surface area contributed by atoms with Gasteiger partial charge in [0.1, 0.15) is 11.6 Å². The van der Waals surface area contributed by atoms with Gasteiger partial charge in [0.2, 0.25) is 18.1 Å². The molecule has 0 unspecified atom stereocenters. The van der Waals surface area contributed by atoms with Crippen LogP contribution in [0.1, 0.15) is 24.3 Å². The first-order valence-electron chi connectivity index (χ1n) is 7.94. The van der Waals surface area contributed by atoms with Crippen molar-refractivity contribution in [3.63, 3.8) is 0 Å². The topological polar surface area (TPSA) is 68.0 Å². The third-order valence-electron chi connectivity index (χ3n) is 4.50. The highest BCUT2D eigenvalue weighted by Gasteiger charge is 2.53. The summed E-state index contributed by atoms with van der Waals surface area (Å²) < 4.78 is 32.5. The van der Waals surface area contributed by atoms with E-state index in [2.05, 4.69) is 15.5 Å². The molecule has 0 radical (unpaired) electrons. The van der Waals surface area contributed by atoms with Crippen LogP contribution in [0.4, 0.5) is 14.5 Å². The van der Waals surface area contributed by atoms with E-state index in [0.717, 1.165) is 12.1 Å². The van der Waals surface area contributed by atoms with Gasteiger partial charge in [-0.3, -0.25) is 4.79 Å². The van der Waals surface area contributed by atoms with E-state index in [0.29, 0.717) is 40.5 Å². The molecule has 0 atom stereocenters. The van der Waals surface area contributed by atoms with Gasteiger partial charge in [0.05, 0.1) is 11.0 Å². The minimum Gasteiger partial charge on any atom is -0.338 e. The normalized spacial score (nSPS) is 14.8. The summed E-state index contributed by atoms with van der Waals surface area (Å²) in [5.74, 6) is -1.21. The molecule has 0 bridgehead atoms. The third-order valence-corrected chi connectivity index (χ3v) is 5.10. The van der Waals surface area contributed by atoms with Gasteiger partial charge in [-0.05, 0) is 37.1 Å². The van der Waals surface area contributed by atoms with Crippen LogP contribution in [-0.2, 0) is 10.2 Å². The number of rotatable bonds is 5. The number of amides is 1. The monoisotopic (exact) mass is 409 g/mol. The Labute approximate surface area is 162 Å². The molecule has 1 saturated carbocycles. The van der Waals surface area contributed by atoms with Gasteiger partial charge < -0.3 is 9.84 Å². The Balaban J connectivity index is 1.74. The van der Waals surface area contributed by atoms with Crippen LogP contribution in [0, 0.1) is 11.6 Å². The van der Waals surface area contributed by atoms with Crippen LogP contribution in [0.2, 0.25) is 10.0 Å². The molecule has 138 valence electrons. The second-order valence-corrected chi connectivity index (χ2v) is 7.02. The summed E-state index contributed by atoms with van der Waals surface area (Å²) in [4.78, 5) is 14.9. The van der Waals surface area contributed by atoms with Crippen LogP contribution < -0.4 is 5.32 Å². The van der Waals surface area contributed by atoms with Gasteiger partial charge in [-0.1, -0.05) is 28.4 Å². The summed E-state index contributed by atoms with van der Waals surface area (Å²) in [6.07, 6.45) is 1.86. The molecule has 1 aliphatic carbocycles. The Morgan fingerprint density at radius 3 is 2.44 bits per heavy atom. The van der Waals surface area contributed by atoms with Crippen LogP contribution in [-0.4, -0.2) is 16.6 Å². The van der Waals surface area contributed by atoms with Gasteiger partial charge in [0.25, 0.3) is 0 Å². The molecule has 0 spiro atoms. The largest absolute Gasteiger partial charge is 0.338 e. The van der Waals surface area contributed by atoms with Crippen molar-refractivity contribution in [3.05, 3.63) is 63.5 Å². The maximum atomic E-state index is 14.0. The zero-order valence-electron chi connectivity index (χ0n) is 13.6. The molecule has 0 aliphatic heterocycles. The van der Waals surface area contributed by atoms with Crippen molar-refractivity contribution >= 4 is 35.3 Å². The average molecular weight is 410 g/mol. The van der Waals surface area contributed by atoms with Crippen LogP contribution in [0.25, 0.3) is 11.4 Å². The minimum atomic E-state index is -0.785. The number of carbonyl (C=O) groups is 1. The van der Waals surface area contributed by atoms with E-state index in [1.165, 1.54) is 6.07 Å². The second-order valence-electron chi connectivity index (χ2n) is 6.21. The van der Waals surface area contributed by atoms with Crippen LogP contribution in [0.5, 0.6) is 0 Å². The number of benzene rings is 2. The van der Waals surface area contributed by atoms with Crippen molar-refractivity contribution in [1.82, 2.24) is 10.1 Å². The number of hydrogen-bond acceptors (Lipinski definition) is 4.